The number of carbonyl (C=O) groups excluding carboxylic acids is 1. The maximum absolute atomic E-state index is 11.2. The van der Waals surface area contributed by atoms with Crippen LogP contribution in [0.5, 0.6) is 11.5 Å². The van der Waals surface area contributed by atoms with Crippen LogP contribution in [0.3, 0.4) is 0 Å². The number of benzene rings is 2. The molecule has 2 aromatic rings. The highest BCUT2D eigenvalue weighted by molar-refractivity contribution is 5.92. The Morgan fingerprint density at radius 1 is 1.10 bits per heavy atom. The van der Waals surface area contributed by atoms with Gasteiger partial charge in [0.1, 0.15) is 11.5 Å². The lowest BCUT2D eigenvalue weighted by Gasteiger charge is -2.11. The summed E-state index contributed by atoms with van der Waals surface area (Å²) in [5, 5.41) is 3.26. The number of rotatable bonds is 6. The minimum Gasteiger partial charge on any atom is -0.497 e. The number of hydrogen-bond acceptors (Lipinski definition) is 4. The van der Waals surface area contributed by atoms with Gasteiger partial charge in [0.25, 0.3) is 0 Å². The number of nitrogens with one attached hydrogen (secondary N) is 1. The molecule has 2 aromatic carbocycles. The molecule has 0 aliphatic carbocycles. The van der Waals surface area contributed by atoms with Crippen molar-refractivity contribution in [2.75, 3.05) is 19.5 Å². The third kappa shape index (κ3) is 3.89. The van der Waals surface area contributed by atoms with Crippen molar-refractivity contribution in [3.63, 3.8) is 0 Å². The van der Waals surface area contributed by atoms with E-state index in [2.05, 4.69) is 5.32 Å². The standard InChI is InChI=1S/C16H18N2O3/c1-20-14-7-13(8-15(9-14)21-2)18-10-11-4-3-5-12(6-11)16(17)19/h3-9,18H,10H2,1-2H3,(H2,17,19). The van der Waals surface area contributed by atoms with Crippen LogP contribution >= 0.6 is 0 Å². The molecule has 5 heteroatoms. The molecule has 0 heterocycles. The lowest BCUT2D eigenvalue weighted by atomic mass is 10.1. The molecule has 0 bridgehead atoms. The fraction of sp³-hybridized carbons (Fsp3) is 0.188. The van der Waals surface area contributed by atoms with Gasteiger partial charge in [0.05, 0.1) is 14.2 Å². The van der Waals surface area contributed by atoms with Crippen molar-refractivity contribution in [2.45, 2.75) is 6.54 Å². The molecule has 0 aliphatic rings. The Morgan fingerprint density at radius 2 is 1.76 bits per heavy atom. The van der Waals surface area contributed by atoms with E-state index in [0.29, 0.717) is 23.6 Å². The first kappa shape index (κ1) is 14.7. The van der Waals surface area contributed by atoms with Crippen LogP contribution in [0.25, 0.3) is 0 Å². The second-order valence-electron chi connectivity index (χ2n) is 4.52. The molecule has 0 radical (unpaired) electrons. The van der Waals surface area contributed by atoms with E-state index in [1.54, 1.807) is 32.4 Å². The molecule has 2 rings (SSSR count). The second kappa shape index (κ2) is 6.65. The quantitative estimate of drug-likeness (QED) is 0.855. The van der Waals surface area contributed by atoms with Gasteiger partial charge in [-0.15, -0.1) is 0 Å². The summed E-state index contributed by atoms with van der Waals surface area (Å²) in [6.07, 6.45) is 0. The van der Waals surface area contributed by atoms with Gasteiger partial charge >= 0.3 is 0 Å². The largest absolute Gasteiger partial charge is 0.497 e. The van der Waals surface area contributed by atoms with Crippen LogP contribution < -0.4 is 20.5 Å². The van der Waals surface area contributed by atoms with Crippen LogP contribution in [-0.4, -0.2) is 20.1 Å². The number of nitrogens with two attached hydrogens (primary N) is 1. The van der Waals surface area contributed by atoms with E-state index >= 15 is 0 Å². The highest BCUT2D eigenvalue weighted by atomic mass is 16.5. The van der Waals surface area contributed by atoms with Crippen LogP contribution in [0.4, 0.5) is 5.69 Å². The molecule has 0 saturated heterocycles. The van der Waals surface area contributed by atoms with Gasteiger partial charge < -0.3 is 20.5 Å². The predicted molar refractivity (Wildman–Crippen MR) is 81.8 cm³/mol. The molecule has 3 N–H and O–H groups in total. The number of methoxy groups -OCH3 is 2. The van der Waals surface area contributed by atoms with Crippen molar-refractivity contribution < 1.29 is 14.3 Å². The van der Waals surface area contributed by atoms with Gasteiger partial charge in [-0.3, -0.25) is 4.79 Å². The second-order valence-corrected chi connectivity index (χ2v) is 4.52. The molecule has 1 amide bonds. The molecule has 0 aliphatic heterocycles. The molecule has 110 valence electrons. The van der Waals surface area contributed by atoms with Gasteiger partial charge in [-0.2, -0.15) is 0 Å². The Morgan fingerprint density at radius 3 is 2.33 bits per heavy atom. The van der Waals surface area contributed by atoms with Crippen molar-refractivity contribution in [1.82, 2.24) is 0 Å². The Labute approximate surface area is 123 Å². The third-order valence-electron chi connectivity index (χ3n) is 3.06. The Bertz CT molecular complexity index is 619. The first-order chi connectivity index (χ1) is 10.1. The summed E-state index contributed by atoms with van der Waals surface area (Å²) >= 11 is 0. The molecule has 0 fully saturated rings. The van der Waals surface area contributed by atoms with Gasteiger partial charge in [-0.05, 0) is 17.7 Å². The Kier molecular flexibility index (Phi) is 4.66. The van der Waals surface area contributed by atoms with Crippen molar-refractivity contribution >= 4 is 11.6 Å². The minimum absolute atomic E-state index is 0.431. The fourth-order valence-corrected chi connectivity index (χ4v) is 1.95. The Hall–Kier alpha value is -2.69. The van der Waals surface area contributed by atoms with Gasteiger partial charge in [-0.1, -0.05) is 12.1 Å². The molecule has 5 nitrogen and oxygen atoms in total. The summed E-state index contributed by atoms with van der Waals surface area (Å²) < 4.78 is 10.4. The highest BCUT2D eigenvalue weighted by Crippen LogP contribution is 2.26. The zero-order valence-electron chi connectivity index (χ0n) is 12.1. The molecule has 0 unspecified atom stereocenters. The fourth-order valence-electron chi connectivity index (χ4n) is 1.95. The normalized spacial score (nSPS) is 10.0. The summed E-state index contributed by atoms with van der Waals surface area (Å²) in [7, 11) is 3.21. The van der Waals surface area contributed by atoms with E-state index < -0.39 is 5.91 Å². The van der Waals surface area contributed by atoms with Crippen molar-refractivity contribution in [2.24, 2.45) is 5.73 Å². The molecular weight excluding hydrogens is 268 g/mol. The zero-order chi connectivity index (χ0) is 15.2. The first-order valence-corrected chi connectivity index (χ1v) is 6.48. The van der Waals surface area contributed by atoms with Crippen LogP contribution in [0.15, 0.2) is 42.5 Å². The number of primary amides is 1. The lowest BCUT2D eigenvalue weighted by Crippen LogP contribution is -2.11. The number of anilines is 1. The van der Waals surface area contributed by atoms with Crippen molar-refractivity contribution in [3.8, 4) is 11.5 Å². The maximum Gasteiger partial charge on any atom is 0.248 e. The van der Waals surface area contributed by atoms with Gasteiger partial charge in [0.2, 0.25) is 5.91 Å². The molecule has 0 aromatic heterocycles. The van der Waals surface area contributed by atoms with Gasteiger partial charge in [0.15, 0.2) is 0 Å². The molecule has 0 saturated carbocycles. The average Bonchev–Trinajstić information content (AvgIpc) is 2.52. The molecule has 21 heavy (non-hydrogen) atoms. The maximum atomic E-state index is 11.2. The average molecular weight is 286 g/mol. The monoisotopic (exact) mass is 286 g/mol. The van der Waals surface area contributed by atoms with E-state index in [1.807, 2.05) is 24.3 Å². The summed E-state index contributed by atoms with van der Waals surface area (Å²) in [5.74, 6) is 0.991. The van der Waals surface area contributed by atoms with E-state index in [4.69, 9.17) is 15.2 Å². The summed E-state index contributed by atoms with van der Waals surface area (Å²) in [5.41, 5.74) is 7.61. The van der Waals surface area contributed by atoms with Crippen LogP contribution in [0.1, 0.15) is 15.9 Å². The number of hydrogen-bond donors (Lipinski definition) is 2. The summed E-state index contributed by atoms with van der Waals surface area (Å²) in [6.45, 7) is 0.567. The third-order valence-corrected chi connectivity index (χ3v) is 3.06. The first-order valence-electron chi connectivity index (χ1n) is 6.48. The summed E-state index contributed by atoms with van der Waals surface area (Å²) in [6, 6.07) is 12.8. The summed E-state index contributed by atoms with van der Waals surface area (Å²) in [4.78, 5) is 11.2. The molecule has 0 atom stereocenters. The zero-order valence-corrected chi connectivity index (χ0v) is 12.1. The predicted octanol–water partition coefficient (Wildman–Crippen LogP) is 2.41. The van der Waals surface area contributed by atoms with E-state index in [9.17, 15) is 4.79 Å². The van der Waals surface area contributed by atoms with Crippen LogP contribution in [-0.2, 0) is 6.54 Å². The van der Waals surface area contributed by atoms with E-state index in [0.717, 1.165) is 11.3 Å². The lowest BCUT2D eigenvalue weighted by molar-refractivity contribution is 0.1000. The SMILES string of the molecule is COc1cc(NCc2cccc(C(N)=O)c2)cc(OC)c1. The molecule has 0 spiro atoms. The van der Waals surface area contributed by atoms with Crippen LogP contribution in [0, 0.1) is 0 Å². The smallest absolute Gasteiger partial charge is 0.248 e. The minimum atomic E-state index is -0.431. The van der Waals surface area contributed by atoms with Crippen molar-refractivity contribution in [1.29, 1.82) is 0 Å². The number of ether oxygens (including phenoxy) is 2. The van der Waals surface area contributed by atoms with Crippen LogP contribution in [0.2, 0.25) is 0 Å². The highest BCUT2D eigenvalue weighted by Gasteiger charge is 2.04. The van der Waals surface area contributed by atoms with Gasteiger partial charge in [0, 0.05) is 36.0 Å². The van der Waals surface area contributed by atoms with E-state index in [1.165, 1.54) is 0 Å². The van der Waals surface area contributed by atoms with Gasteiger partial charge in [-0.25, -0.2) is 0 Å². The Balaban J connectivity index is 2.12. The van der Waals surface area contributed by atoms with Crippen molar-refractivity contribution in [3.05, 3.63) is 53.6 Å². The molecular formula is C16H18N2O3. The number of carbonyl (C=O) groups is 1. The number of amides is 1. The van der Waals surface area contributed by atoms with E-state index in [-0.39, 0.29) is 0 Å². The topological polar surface area (TPSA) is 73.6 Å².